The Hall–Kier alpha value is -3.35. The number of carbonyl (C=O) groups excluding carboxylic acids is 2. The average Bonchev–Trinajstić information content (AvgIpc) is 3.11. The Morgan fingerprint density at radius 1 is 1.03 bits per heavy atom. The van der Waals surface area contributed by atoms with E-state index in [-0.39, 0.29) is 37.4 Å². The molecule has 7 heteroatoms. The molecule has 0 bridgehead atoms. The average molecular weight is 453 g/mol. The van der Waals surface area contributed by atoms with Crippen molar-refractivity contribution < 1.29 is 24.2 Å². The predicted octanol–water partition coefficient (Wildman–Crippen LogP) is 4.41. The van der Waals surface area contributed by atoms with Crippen LogP contribution in [-0.2, 0) is 14.3 Å². The molecule has 0 unspecified atom stereocenters. The van der Waals surface area contributed by atoms with E-state index in [0.717, 1.165) is 22.3 Å². The van der Waals surface area contributed by atoms with Gasteiger partial charge in [0.2, 0.25) is 5.91 Å². The number of hydrogen-bond acceptors (Lipinski definition) is 4. The molecule has 1 aliphatic rings. The maximum atomic E-state index is 13.1. The van der Waals surface area contributed by atoms with Crippen LogP contribution in [0.2, 0.25) is 0 Å². The maximum Gasteiger partial charge on any atom is 0.407 e. The first-order valence-electron chi connectivity index (χ1n) is 11.5. The number of nitrogens with zero attached hydrogens (tertiary/aromatic N) is 1. The number of nitrogens with one attached hydrogen (secondary N) is 1. The van der Waals surface area contributed by atoms with E-state index in [2.05, 4.69) is 17.4 Å². The Bertz CT molecular complexity index is 958. The first kappa shape index (κ1) is 24.3. The van der Waals surface area contributed by atoms with Crippen molar-refractivity contribution in [3.8, 4) is 11.1 Å². The lowest BCUT2D eigenvalue weighted by Gasteiger charge is -2.30. The molecule has 0 saturated carbocycles. The number of benzene rings is 2. The summed E-state index contributed by atoms with van der Waals surface area (Å²) >= 11 is 0. The lowest BCUT2D eigenvalue weighted by Crippen LogP contribution is -2.51. The number of carboxylic acids is 1. The predicted molar refractivity (Wildman–Crippen MR) is 126 cm³/mol. The van der Waals surface area contributed by atoms with E-state index in [4.69, 9.17) is 9.84 Å². The molecule has 2 amide bonds. The first-order valence-corrected chi connectivity index (χ1v) is 11.5. The van der Waals surface area contributed by atoms with Crippen molar-refractivity contribution >= 4 is 18.0 Å². The quantitative estimate of drug-likeness (QED) is 0.557. The molecule has 0 aromatic heterocycles. The SMILES string of the molecule is CCC[C@@H](NC(=O)OCC1c2ccccc2-c2ccccc21)C(=O)N(CCC(=O)O)C(C)C. The van der Waals surface area contributed by atoms with Gasteiger partial charge in [0.05, 0.1) is 6.42 Å². The second-order valence-corrected chi connectivity index (χ2v) is 8.58. The summed E-state index contributed by atoms with van der Waals surface area (Å²) in [7, 11) is 0. The summed E-state index contributed by atoms with van der Waals surface area (Å²) in [6.45, 7) is 5.85. The number of fused-ring (bicyclic) bond motifs is 3. The maximum absolute atomic E-state index is 13.1. The van der Waals surface area contributed by atoms with E-state index < -0.39 is 18.1 Å². The molecule has 2 aromatic carbocycles. The zero-order chi connectivity index (χ0) is 24.0. The molecule has 0 radical (unpaired) electrons. The van der Waals surface area contributed by atoms with Gasteiger partial charge in [-0.1, -0.05) is 61.9 Å². The number of ether oxygens (including phenoxy) is 1. The molecule has 0 aliphatic heterocycles. The normalized spacial score (nSPS) is 13.2. The molecule has 33 heavy (non-hydrogen) atoms. The third-order valence-electron chi connectivity index (χ3n) is 5.98. The number of aliphatic carboxylic acids is 1. The molecule has 3 rings (SSSR count). The van der Waals surface area contributed by atoms with Gasteiger partial charge in [0.1, 0.15) is 12.6 Å². The highest BCUT2D eigenvalue weighted by Gasteiger charge is 2.31. The molecular weight excluding hydrogens is 420 g/mol. The fourth-order valence-electron chi connectivity index (χ4n) is 4.37. The van der Waals surface area contributed by atoms with Crippen molar-refractivity contribution in [1.82, 2.24) is 10.2 Å². The van der Waals surface area contributed by atoms with Crippen LogP contribution >= 0.6 is 0 Å². The lowest BCUT2D eigenvalue weighted by molar-refractivity contribution is -0.140. The van der Waals surface area contributed by atoms with E-state index >= 15 is 0 Å². The number of hydrogen-bond donors (Lipinski definition) is 2. The zero-order valence-corrected chi connectivity index (χ0v) is 19.4. The second kappa shape index (κ2) is 11.0. The van der Waals surface area contributed by atoms with Crippen LogP contribution in [0.15, 0.2) is 48.5 Å². The van der Waals surface area contributed by atoms with Gasteiger partial charge < -0.3 is 20.1 Å². The molecule has 7 nitrogen and oxygen atoms in total. The van der Waals surface area contributed by atoms with E-state index in [9.17, 15) is 14.4 Å². The molecular formula is C26H32N2O5. The van der Waals surface area contributed by atoms with Gasteiger partial charge in [0.25, 0.3) is 0 Å². The Kier molecular flexibility index (Phi) is 8.09. The lowest BCUT2D eigenvalue weighted by atomic mass is 9.98. The smallest absolute Gasteiger partial charge is 0.407 e. The van der Waals surface area contributed by atoms with E-state index in [1.807, 2.05) is 57.2 Å². The summed E-state index contributed by atoms with van der Waals surface area (Å²) in [5.41, 5.74) is 4.53. The number of alkyl carbamates (subject to hydrolysis) is 1. The molecule has 0 spiro atoms. The molecule has 0 fully saturated rings. The minimum atomic E-state index is -0.968. The largest absolute Gasteiger partial charge is 0.481 e. The third-order valence-corrected chi connectivity index (χ3v) is 5.98. The van der Waals surface area contributed by atoms with Gasteiger partial charge in [-0.2, -0.15) is 0 Å². The Morgan fingerprint density at radius 2 is 1.61 bits per heavy atom. The van der Waals surface area contributed by atoms with Gasteiger partial charge in [-0.15, -0.1) is 0 Å². The zero-order valence-electron chi connectivity index (χ0n) is 19.4. The van der Waals surface area contributed by atoms with Gasteiger partial charge in [-0.25, -0.2) is 4.79 Å². The monoisotopic (exact) mass is 452 g/mol. The van der Waals surface area contributed by atoms with E-state index in [1.54, 1.807) is 0 Å². The van der Waals surface area contributed by atoms with Crippen LogP contribution in [0.4, 0.5) is 4.79 Å². The van der Waals surface area contributed by atoms with Crippen LogP contribution < -0.4 is 5.32 Å². The van der Waals surface area contributed by atoms with Crippen molar-refractivity contribution in [3.63, 3.8) is 0 Å². The highest BCUT2D eigenvalue weighted by Crippen LogP contribution is 2.44. The molecule has 1 aliphatic carbocycles. The van der Waals surface area contributed by atoms with Crippen LogP contribution in [0.5, 0.6) is 0 Å². The minimum absolute atomic E-state index is 0.0637. The van der Waals surface area contributed by atoms with Gasteiger partial charge in [-0.3, -0.25) is 9.59 Å². The number of carboxylic acid groups (broad SMARTS) is 1. The minimum Gasteiger partial charge on any atom is -0.481 e. The Morgan fingerprint density at radius 3 is 2.12 bits per heavy atom. The molecule has 176 valence electrons. The molecule has 1 atom stereocenters. The Labute approximate surface area is 194 Å². The van der Waals surface area contributed by atoms with Gasteiger partial charge in [0.15, 0.2) is 0 Å². The van der Waals surface area contributed by atoms with Gasteiger partial charge in [0, 0.05) is 18.5 Å². The number of carbonyl (C=O) groups is 3. The fourth-order valence-corrected chi connectivity index (χ4v) is 4.37. The van der Waals surface area contributed by atoms with Crippen LogP contribution in [0, 0.1) is 0 Å². The summed E-state index contributed by atoms with van der Waals surface area (Å²) in [5.74, 6) is -1.32. The summed E-state index contributed by atoms with van der Waals surface area (Å²) in [4.78, 5) is 38.2. The third kappa shape index (κ3) is 5.72. The Balaban J connectivity index is 1.67. The van der Waals surface area contributed by atoms with Crippen LogP contribution in [0.3, 0.4) is 0 Å². The standard InChI is InChI=1S/C26H32N2O5/c1-4-9-23(25(31)28(17(2)3)15-14-24(29)30)27-26(32)33-16-22-20-12-7-5-10-18(20)19-11-6-8-13-21(19)22/h5-8,10-13,17,22-23H,4,9,14-16H2,1-3H3,(H,27,32)(H,29,30)/t23-/m1/s1. The van der Waals surface area contributed by atoms with Crippen molar-refractivity contribution in [1.29, 1.82) is 0 Å². The second-order valence-electron chi connectivity index (χ2n) is 8.58. The van der Waals surface area contributed by atoms with Crippen LogP contribution in [0.1, 0.15) is 57.1 Å². The summed E-state index contributed by atoms with van der Waals surface area (Å²) < 4.78 is 5.59. The number of amides is 2. The number of rotatable bonds is 10. The topological polar surface area (TPSA) is 95.9 Å². The van der Waals surface area contributed by atoms with Crippen molar-refractivity contribution in [2.45, 2.75) is 58.0 Å². The van der Waals surface area contributed by atoms with Crippen LogP contribution in [0.25, 0.3) is 11.1 Å². The van der Waals surface area contributed by atoms with Crippen molar-refractivity contribution in [2.75, 3.05) is 13.2 Å². The summed E-state index contributed by atoms with van der Waals surface area (Å²) in [5, 5.41) is 11.7. The van der Waals surface area contributed by atoms with Crippen molar-refractivity contribution in [3.05, 3.63) is 59.7 Å². The van der Waals surface area contributed by atoms with Gasteiger partial charge >= 0.3 is 12.1 Å². The van der Waals surface area contributed by atoms with Crippen molar-refractivity contribution in [2.24, 2.45) is 0 Å². The van der Waals surface area contributed by atoms with Gasteiger partial charge in [-0.05, 0) is 42.5 Å². The highest BCUT2D eigenvalue weighted by molar-refractivity contribution is 5.86. The molecule has 0 heterocycles. The molecule has 0 saturated heterocycles. The summed E-state index contributed by atoms with van der Waals surface area (Å²) in [6, 6.07) is 15.2. The highest BCUT2D eigenvalue weighted by atomic mass is 16.5. The fraction of sp³-hybridized carbons (Fsp3) is 0.423. The molecule has 2 aromatic rings. The van der Waals surface area contributed by atoms with E-state index in [1.165, 1.54) is 4.90 Å². The summed E-state index contributed by atoms with van der Waals surface area (Å²) in [6.07, 6.45) is 0.336. The molecule has 2 N–H and O–H groups in total. The first-order chi connectivity index (χ1) is 15.8. The van der Waals surface area contributed by atoms with Crippen LogP contribution in [-0.4, -0.2) is 53.2 Å². The van der Waals surface area contributed by atoms with E-state index in [0.29, 0.717) is 12.8 Å².